The summed E-state index contributed by atoms with van der Waals surface area (Å²) < 4.78 is 5.51. The van der Waals surface area contributed by atoms with Gasteiger partial charge in [0.2, 0.25) is 5.91 Å². The van der Waals surface area contributed by atoms with Gasteiger partial charge in [-0.2, -0.15) is 0 Å². The van der Waals surface area contributed by atoms with Crippen LogP contribution in [0.5, 0.6) is 0 Å². The summed E-state index contributed by atoms with van der Waals surface area (Å²) in [5.74, 6) is -1.84. The summed E-state index contributed by atoms with van der Waals surface area (Å²) in [6.45, 7) is 13.1. The number of hydrogen-bond acceptors (Lipinski definition) is 5. The van der Waals surface area contributed by atoms with Gasteiger partial charge in [-0.15, -0.1) is 0 Å². The Hall–Kier alpha value is -4.20. The van der Waals surface area contributed by atoms with Crippen LogP contribution < -0.4 is 5.32 Å². The zero-order valence-corrected chi connectivity index (χ0v) is 23.9. The first-order valence-corrected chi connectivity index (χ1v) is 13.1. The van der Waals surface area contributed by atoms with Crippen molar-refractivity contribution >= 4 is 23.7 Å². The average Bonchev–Trinajstić information content (AvgIpc) is 2.88. The highest BCUT2D eigenvalue weighted by Gasteiger charge is 2.25. The molecule has 2 amide bonds. The molecule has 208 valence electrons. The monoisotopic (exact) mass is 533 g/mol. The molecule has 0 bridgehead atoms. The molecule has 0 fully saturated rings. The molecule has 3 rings (SSSR count). The van der Waals surface area contributed by atoms with Crippen molar-refractivity contribution in [2.24, 2.45) is 0 Å². The molecule has 0 unspecified atom stereocenters. The minimum atomic E-state index is -1.27. The van der Waals surface area contributed by atoms with E-state index < -0.39 is 23.6 Å². The lowest BCUT2D eigenvalue weighted by Gasteiger charge is -2.27. The van der Waals surface area contributed by atoms with E-state index in [1.165, 1.54) is 11.1 Å². The molecule has 0 atom stereocenters. The number of pyridine rings is 1. The van der Waals surface area contributed by atoms with Gasteiger partial charge in [-0.1, -0.05) is 74.9 Å². The number of carbonyl (C=O) groups is 3. The largest absolute Gasteiger partial charge is 0.476 e. The minimum absolute atomic E-state index is 0.0524. The molecule has 3 aromatic rings. The number of nitrogens with one attached hydrogen (secondary N) is 1. The predicted molar refractivity (Wildman–Crippen MR) is 154 cm³/mol. The Balaban J connectivity index is 0.00000260. The van der Waals surface area contributed by atoms with Gasteiger partial charge in [0.25, 0.3) is 0 Å². The maximum atomic E-state index is 13.1. The zero-order valence-electron chi connectivity index (χ0n) is 23.9. The summed E-state index contributed by atoms with van der Waals surface area (Å²) in [5.41, 5.74) is 3.52. The first-order chi connectivity index (χ1) is 18.4. The van der Waals surface area contributed by atoms with Crippen molar-refractivity contribution in [1.29, 1.82) is 0 Å². The molecule has 8 heteroatoms. The Labute approximate surface area is 231 Å². The second-order valence-electron chi connectivity index (χ2n) is 9.85. The number of carboxylic acids is 1. The summed E-state index contributed by atoms with van der Waals surface area (Å²) in [6.07, 6.45) is 1.67. The van der Waals surface area contributed by atoms with Gasteiger partial charge in [0.15, 0.2) is 5.69 Å². The van der Waals surface area contributed by atoms with Crippen LogP contribution in [-0.2, 0) is 22.5 Å². The SMILES string of the molecule is CC.CCc1cccc(-c2cnc(C(=O)O)c(NC(=O)CN(Cc3cccc(C)c3)C(=O)OC(C)(C)C)c2)c1. The van der Waals surface area contributed by atoms with Gasteiger partial charge >= 0.3 is 12.1 Å². The van der Waals surface area contributed by atoms with Crippen molar-refractivity contribution in [1.82, 2.24) is 9.88 Å². The third-order valence-electron chi connectivity index (χ3n) is 5.48. The number of hydrogen-bond donors (Lipinski definition) is 2. The lowest BCUT2D eigenvalue weighted by molar-refractivity contribution is -0.117. The Morgan fingerprint density at radius 2 is 1.64 bits per heavy atom. The number of carboxylic acid groups (broad SMARTS) is 1. The molecule has 1 aromatic heterocycles. The van der Waals surface area contributed by atoms with Gasteiger partial charge < -0.3 is 15.2 Å². The number of nitrogens with zero attached hydrogens (tertiary/aromatic N) is 2. The highest BCUT2D eigenvalue weighted by atomic mass is 16.6. The van der Waals surface area contributed by atoms with E-state index >= 15 is 0 Å². The molecule has 0 aliphatic rings. The number of aryl methyl sites for hydroxylation is 2. The van der Waals surface area contributed by atoms with E-state index in [4.69, 9.17) is 4.74 Å². The number of benzene rings is 2. The molecular weight excluding hydrogens is 494 g/mol. The highest BCUT2D eigenvalue weighted by molar-refractivity contribution is 6.01. The quantitative estimate of drug-likeness (QED) is 0.333. The van der Waals surface area contributed by atoms with Crippen molar-refractivity contribution < 1.29 is 24.2 Å². The molecule has 2 aromatic carbocycles. The second-order valence-corrected chi connectivity index (χ2v) is 9.85. The van der Waals surface area contributed by atoms with Crippen molar-refractivity contribution in [3.05, 3.63) is 83.2 Å². The zero-order chi connectivity index (χ0) is 29.2. The van der Waals surface area contributed by atoms with Gasteiger partial charge in [-0.25, -0.2) is 14.6 Å². The topological polar surface area (TPSA) is 109 Å². The lowest BCUT2D eigenvalue weighted by Crippen LogP contribution is -2.41. The molecule has 1 heterocycles. The Morgan fingerprint density at radius 3 is 2.26 bits per heavy atom. The third-order valence-corrected chi connectivity index (χ3v) is 5.48. The smallest absolute Gasteiger partial charge is 0.411 e. The van der Waals surface area contributed by atoms with Gasteiger partial charge in [0.1, 0.15) is 12.1 Å². The maximum absolute atomic E-state index is 13.1. The van der Waals surface area contributed by atoms with Crippen molar-refractivity contribution in [3.8, 4) is 11.1 Å². The Bertz CT molecular complexity index is 1300. The number of amides is 2. The second kappa shape index (κ2) is 14.1. The summed E-state index contributed by atoms with van der Waals surface area (Å²) in [6, 6.07) is 17.0. The number of aromatic nitrogens is 1. The van der Waals surface area contributed by atoms with E-state index in [-0.39, 0.29) is 24.5 Å². The molecule has 2 N–H and O–H groups in total. The average molecular weight is 534 g/mol. The van der Waals surface area contributed by atoms with Crippen LogP contribution in [0.1, 0.15) is 68.7 Å². The Morgan fingerprint density at radius 1 is 0.974 bits per heavy atom. The van der Waals surface area contributed by atoms with Crippen LogP contribution in [0.3, 0.4) is 0 Å². The van der Waals surface area contributed by atoms with Crippen LogP contribution >= 0.6 is 0 Å². The highest BCUT2D eigenvalue weighted by Crippen LogP contribution is 2.25. The summed E-state index contributed by atoms with van der Waals surface area (Å²) in [7, 11) is 0. The van der Waals surface area contributed by atoms with Gasteiger partial charge in [0, 0.05) is 18.3 Å². The Kier molecular flexibility index (Phi) is 11.2. The van der Waals surface area contributed by atoms with E-state index in [0.717, 1.165) is 28.7 Å². The van der Waals surface area contributed by atoms with Crippen LogP contribution in [0.4, 0.5) is 10.5 Å². The van der Waals surface area contributed by atoms with Crippen LogP contribution in [0, 0.1) is 6.92 Å². The van der Waals surface area contributed by atoms with E-state index in [1.807, 2.05) is 76.2 Å². The molecule has 8 nitrogen and oxygen atoms in total. The van der Waals surface area contributed by atoms with E-state index in [2.05, 4.69) is 10.3 Å². The van der Waals surface area contributed by atoms with Crippen LogP contribution in [-0.4, -0.2) is 45.1 Å². The first-order valence-electron chi connectivity index (χ1n) is 13.1. The van der Waals surface area contributed by atoms with Gasteiger partial charge in [-0.05, 0) is 56.9 Å². The molecule has 0 aliphatic heterocycles. The summed E-state index contributed by atoms with van der Waals surface area (Å²) >= 11 is 0. The fourth-order valence-corrected chi connectivity index (χ4v) is 3.76. The standard InChI is InChI=1S/C29H33N3O5.C2H6/c1-6-20-10-8-12-22(14-20)23-15-24(26(27(34)35)30-16-23)31-25(33)18-32(28(36)37-29(3,4)5)17-21-11-7-9-19(2)13-21;1-2/h7-16H,6,17-18H2,1-5H3,(H,31,33)(H,34,35);1-2H3. The molecule has 0 saturated heterocycles. The van der Waals surface area contributed by atoms with E-state index in [1.54, 1.807) is 26.8 Å². The molecule has 0 spiro atoms. The first kappa shape index (κ1) is 31.0. The fourth-order valence-electron chi connectivity index (χ4n) is 3.76. The van der Waals surface area contributed by atoms with Gasteiger partial charge in [0.05, 0.1) is 5.69 Å². The van der Waals surface area contributed by atoms with Crippen LogP contribution in [0.15, 0.2) is 60.8 Å². The molecule has 0 saturated carbocycles. The van der Waals surface area contributed by atoms with Crippen molar-refractivity contribution in [2.75, 3.05) is 11.9 Å². The van der Waals surface area contributed by atoms with E-state index in [9.17, 15) is 19.5 Å². The lowest BCUT2D eigenvalue weighted by atomic mass is 10.0. The summed E-state index contributed by atoms with van der Waals surface area (Å²) in [4.78, 5) is 43.2. The fraction of sp³-hybridized carbons (Fsp3) is 0.355. The summed E-state index contributed by atoms with van der Waals surface area (Å²) in [5, 5.41) is 12.3. The molecule has 39 heavy (non-hydrogen) atoms. The van der Waals surface area contributed by atoms with Gasteiger partial charge in [-0.3, -0.25) is 9.69 Å². The van der Waals surface area contributed by atoms with E-state index in [0.29, 0.717) is 5.56 Å². The molecule has 0 aliphatic carbocycles. The number of carbonyl (C=O) groups excluding carboxylic acids is 2. The molecule has 0 radical (unpaired) electrons. The van der Waals surface area contributed by atoms with Crippen molar-refractivity contribution in [3.63, 3.8) is 0 Å². The number of rotatable bonds is 8. The molecular formula is C31H39N3O5. The van der Waals surface area contributed by atoms with Crippen LogP contribution in [0.2, 0.25) is 0 Å². The predicted octanol–water partition coefficient (Wildman–Crippen LogP) is 6.72. The van der Waals surface area contributed by atoms with Crippen LogP contribution in [0.25, 0.3) is 11.1 Å². The maximum Gasteiger partial charge on any atom is 0.411 e. The number of anilines is 1. The number of aromatic carboxylic acids is 1. The van der Waals surface area contributed by atoms with Crippen molar-refractivity contribution in [2.45, 2.75) is 67.0 Å². The minimum Gasteiger partial charge on any atom is -0.476 e. The number of ether oxygens (including phenoxy) is 1. The normalized spacial score (nSPS) is 10.6. The third kappa shape index (κ3) is 9.56.